The van der Waals surface area contributed by atoms with Gasteiger partial charge in [-0.3, -0.25) is 0 Å². The molecule has 6 aromatic rings. The zero-order chi connectivity index (χ0) is 40.4. The van der Waals surface area contributed by atoms with Crippen molar-refractivity contribution in [2.75, 3.05) is 13.4 Å². The molecule has 0 saturated heterocycles. The first-order valence-electron chi connectivity index (χ1n) is 18.0. The number of hydrogen-bond acceptors (Lipinski definition) is 7. The number of benzene rings is 6. The number of halogens is 3. The van der Waals surface area contributed by atoms with Crippen LogP contribution in [0.2, 0.25) is 0 Å². The van der Waals surface area contributed by atoms with Gasteiger partial charge in [-0.15, -0.1) is 0 Å². The Labute approximate surface area is 328 Å². The van der Waals surface area contributed by atoms with Crippen LogP contribution >= 0.6 is 10.3 Å². The lowest BCUT2D eigenvalue weighted by atomic mass is 9.96. The van der Waals surface area contributed by atoms with Crippen LogP contribution in [0.3, 0.4) is 0 Å². The molecule has 0 fully saturated rings. The largest absolute Gasteiger partial charge is 0.524 e. The van der Waals surface area contributed by atoms with Gasteiger partial charge in [-0.2, -0.15) is 25.2 Å². The second-order valence-electron chi connectivity index (χ2n) is 15.1. The van der Waals surface area contributed by atoms with E-state index in [1.807, 2.05) is 65.8 Å². The van der Waals surface area contributed by atoms with E-state index in [2.05, 4.69) is 30.3 Å². The molecule has 7 nitrogen and oxygen atoms in total. The lowest BCUT2D eigenvalue weighted by molar-refractivity contribution is -0.0496. The second kappa shape index (κ2) is 16.0. The average Bonchev–Trinajstić information content (AvgIpc) is 3.13. The molecule has 0 aliphatic carbocycles. The monoisotopic (exact) mass is 806 g/mol. The highest BCUT2D eigenvalue weighted by Gasteiger charge is 2.53. The minimum Gasteiger partial charge on any atom is -0.488 e. The fourth-order valence-corrected chi connectivity index (χ4v) is 11.1. The molecule has 0 aromatic heterocycles. The molecule has 0 aliphatic heterocycles. The van der Waals surface area contributed by atoms with E-state index in [0.29, 0.717) is 17.9 Å². The molecule has 0 aliphatic rings. The summed E-state index contributed by atoms with van der Waals surface area (Å²) in [5.41, 5.74) is -5.80. The SMILES string of the molecule is CC(C)(C)Oc1ccc(S(OS(=O)(=O)C(F)(F)F)(c2ccc(OC(C)(C)C)cc2)c2ccccc2OCOCCc2cc3ccccc3c3ccccc23)cc1. The smallest absolute Gasteiger partial charge is 0.488 e. The fourth-order valence-electron chi connectivity index (χ4n) is 6.28. The number of fused-ring (bicyclic) bond motifs is 3. The molecular weight excluding hydrogens is 762 g/mol. The molecule has 0 amide bonds. The maximum atomic E-state index is 14.3. The van der Waals surface area contributed by atoms with Gasteiger partial charge in [-0.05, 0) is 146 Å². The quantitative estimate of drug-likeness (QED) is 0.0497. The fraction of sp³-hybridized carbons (Fsp3) is 0.273. The summed E-state index contributed by atoms with van der Waals surface area (Å²) in [6.45, 7) is 11.1. The minimum absolute atomic E-state index is 0.0749. The Morgan fingerprint density at radius 1 is 0.589 bits per heavy atom. The Kier molecular flexibility index (Phi) is 11.7. The van der Waals surface area contributed by atoms with E-state index in [-0.39, 0.29) is 33.8 Å². The lowest BCUT2D eigenvalue weighted by Crippen LogP contribution is -2.28. The van der Waals surface area contributed by atoms with Crippen molar-refractivity contribution >= 4 is 42.0 Å². The van der Waals surface area contributed by atoms with E-state index < -0.39 is 37.1 Å². The first-order chi connectivity index (χ1) is 26.4. The van der Waals surface area contributed by atoms with Crippen molar-refractivity contribution in [3.8, 4) is 17.2 Å². The summed E-state index contributed by atoms with van der Waals surface area (Å²) in [4.78, 5) is 0.373. The van der Waals surface area contributed by atoms with E-state index in [9.17, 15) is 21.6 Å². The zero-order valence-electron chi connectivity index (χ0n) is 32.1. The normalized spacial score (nSPS) is 13.2. The summed E-state index contributed by atoms with van der Waals surface area (Å²) in [6, 6.07) is 37.1. The first-order valence-corrected chi connectivity index (χ1v) is 21.0. The summed E-state index contributed by atoms with van der Waals surface area (Å²) in [7, 11) is -9.96. The van der Waals surface area contributed by atoms with Gasteiger partial charge in [0.25, 0.3) is 0 Å². The van der Waals surface area contributed by atoms with Crippen molar-refractivity contribution < 1.29 is 44.2 Å². The number of para-hydroxylation sites is 1. The summed E-state index contributed by atoms with van der Waals surface area (Å²) in [5, 5.41) is 4.50. The Morgan fingerprint density at radius 3 is 1.64 bits per heavy atom. The van der Waals surface area contributed by atoms with Crippen LogP contribution in [-0.4, -0.2) is 38.5 Å². The maximum absolute atomic E-state index is 14.3. The molecule has 0 N–H and O–H groups in total. The topological polar surface area (TPSA) is 80.3 Å². The highest BCUT2D eigenvalue weighted by atomic mass is 32.3. The van der Waals surface area contributed by atoms with Crippen LogP contribution in [-0.2, 0) is 24.9 Å². The van der Waals surface area contributed by atoms with Crippen LogP contribution in [0.4, 0.5) is 13.2 Å². The van der Waals surface area contributed by atoms with Gasteiger partial charge in [0.2, 0.25) is 0 Å². The third kappa shape index (κ3) is 9.26. The molecule has 6 aromatic carbocycles. The van der Waals surface area contributed by atoms with Crippen LogP contribution in [0.25, 0.3) is 21.5 Å². The highest BCUT2D eigenvalue weighted by Crippen LogP contribution is 2.72. The predicted octanol–water partition coefficient (Wildman–Crippen LogP) is 12.0. The van der Waals surface area contributed by atoms with Gasteiger partial charge in [0, 0.05) is 9.79 Å². The number of rotatable bonds is 13. The molecule has 0 radical (unpaired) electrons. The summed E-state index contributed by atoms with van der Waals surface area (Å²) in [5.74, 6) is 0.944. The molecule has 0 bridgehead atoms. The van der Waals surface area contributed by atoms with Crippen LogP contribution in [0.5, 0.6) is 17.2 Å². The van der Waals surface area contributed by atoms with E-state index >= 15 is 0 Å². The third-order valence-electron chi connectivity index (χ3n) is 8.46. The van der Waals surface area contributed by atoms with Crippen LogP contribution in [0.1, 0.15) is 47.1 Å². The lowest BCUT2D eigenvalue weighted by Gasteiger charge is -2.40. The average molecular weight is 807 g/mol. The molecule has 0 atom stereocenters. The molecule has 6 rings (SSSR count). The Morgan fingerprint density at radius 2 is 1.09 bits per heavy atom. The second-order valence-corrected chi connectivity index (χ2v) is 19.5. The molecular formula is C44H45F3O7S2. The molecule has 12 heteroatoms. The summed E-state index contributed by atoms with van der Waals surface area (Å²) in [6.07, 6.45) is 0.560. The van der Waals surface area contributed by atoms with Crippen LogP contribution in [0.15, 0.2) is 142 Å². The van der Waals surface area contributed by atoms with Crippen LogP contribution < -0.4 is 14.2 Å². The predicted molar refractivity (Wildman–Crippen MR) is 215 cm³/mol. The molecule has 56 heavy (non-hydrogen) atoms. The van der Waals surface area contributed by atoms with Crippen molar-refractivity contribution in [2.24, 2.45) is 0 Å². The molecule has 296 valence electrons. The summed E-state index contributed by atoms with van der Waals surface area (Å²) < 4.78 is 99.0. The van der Waals surface area contributed by atoms with E-state index in [1.165, 1.54) is 30.3 Å². The Balaban J connectivity index is 1.38. The van der Waals surface area contributed by atoms with Crippen molar-refractivity contribution in [3.05, 3.63) is 133 Å². The maximum Gasteiger partial charge on any atom is 0.524 e. The Hall–Kier alpha value is -4.75. The number of hydrogen-bond donors (Lipinski definition) is 0. The standard InChI is InChI=1S/C44H45F3O7S2/c1-42(2,3)52-33-19-23-35(24-20-33)55(54-56(48,49)44(45,46)47,36-25-21-34(22-26-36)53-43(4,5)6)41-18-12-11-17-40(41)51-30-50-28-27-32-29-31-13-7-8-14-37(31)39-16-10-9-15-38(32)39/h7-26,29H,27-28,30H2,1-6H3. The molecule has 0 unspecified atom stereocenters. The Bertz CT molecular complexity index is 2340. The van der Waals surface area contributed by atoms with Gasteiger partial charge in [0.05, 0.1) is 11.5 Å². The third-order valence-corrected chi connectivity index (χ3v) is 13.4. The first kappa shape index (κ1) is 40.9. The van der Waals surface area contributed by atoms with Crippen molar-refractivity contribution in [3.63, 3.8) is 0 Å². The van der Waals surface area contributed by atoms with Crippen LogP contribution in [0, 0.1) is 0 Å². The highest BCUT2D eigenvalue weighted by molar-refractivity contribution is 8.33. The van der Waals surface area contributed by atoms with Crippen molar-refractivity contribution in [1.82, 2.24) is 0 Å². The zero-order valence-corrected chi connectivity index (χ0v) is 33.7. The van der Waals surface area contributed by atoms with Gasteiger partial charge in [0.15, 0.2) is 6.79 Å². The van der Waals surface area contributed by atoms with Gasteiger partial charge in [-0.1, -0.05) is 66.7 Å². The van der Waals surface area contributed by atoms with Gasteiger partial charge < -0.3 is 18.9 Å². The number of alkyl halides is 3. The van der Waals surface area contributed by atoms with E-state index in [0.717, 1.165) is 27.1 Å². The van der Waals surface area contributed by atoms with Crippen molar-refractivity contribution in [1.29, 1.82) is 0 Å². The molecule has 0 saturated carbocycles. The van der Waals surface area contributed by atoms with Gasteiger partial charge in [0.1, 0.15) is 28.5 Å². The molecule has 0 spiro atoms. The minimum atomic E-state index is -6.20. The van der Waals surface area contributed by atoms with Gasteiger partial charge in [-0.25, -0.2) is 0 Å². The van der Waals surface area contributed by atoms with E-state index in [1.54, 1.807) is 42.5 Å². The summed E-state index contributed by atoms with van der Waals surface area (Å²) >= 11 is 0. The van der Waals surface area contributed by atoms with Crippen molar-refractivity contribution in [2.45, 2.75) is 79.4 Å². The van der Waals surface area contributed by atoms with E-state index in [4.69, 9.17) is 22.6 Å². The number of ether oxygens (including phenoxy) is 4. The van der Waals surface area contributed by atoms with Gasteiger partial charge >= 0.3 is 15.6 Å². The molecule has 0 heterocycles.